The predicted octanol–water partition coefficient (Wildman–Crippen LogP) is 2.40. The molecule has 1 aromatic carbocycles. The van der Waals surface area contributed by atoms with Gasteiger partial charge in [0.05, 0.1) is 0 Å². The molecule has 4 nitrogen and oxygen atoms in total. The number of carbonyl (C=O) groups excluding carboxylic acids is 1. The van der Waals surface area contributed by atoms with Crippen molar-refractivity contribution in [3.8, 4) is 5.75 Å². The summed E-state index contributed by atoms with van der Waals surface area (Å²) < 4.78 is 5.26. The van der Waals surface area contributed by atoms with Gasteiger partial charge in [-0.3, -0.25) is 4.79 Å². The van der Waals surface area contributed by atoms with E-state index in [1.807, 2.05) is 18.2 Å². The highest BCUT2D eigenvalue weighted by Gasteiger charge is 2.19. The standard InChI is InChI=1S/C14H22N2O2/c1-10(14(2,3)4)16-11-6-5-7-12(8-11)18-9-13(15)17/h5-8,10,16H,9H2,1-4H3,(H2,15,17)/t10-/m1/s1. The molecule has 4 heteroatoms. The molecule has 0 saturated heterocycles. The number of hydrogen-bond donors (Lipinski definition) is 2. The molecule has 0 aliphatic carbocycles. The maximum atomic E-state index is 10.6. The summed E-state index contributed by atoms with van der Waals surface area (Å²) in [5.74, 6) is 0.163. The fourth-order valence-corrected chi connectivity index (χ4v) is 1.30. The second-order valence-electron chi connectivity index (χ2n) is 5.51. The van der Waals surface area contributed by atoms with Gasteiger partial charge in [0, 0.05) is 17.8 Å². The van der Waals surface area contributed by atoms with Crippen LogP contribution in [0.4, 0.5) is 5.69 Å². The molecule has 1 aromatic rings. The van der Waals surface area contributed by atoms with Gasteiger partial charge in [0.1, 0.15) is 5.75 Å². The summed E-state index contributed by atoms with van der Waals surface area (Å²) in [5.41, 5.74) is 6.18. The van der Waals surface area contributed by atoms with Crippen LogP contribution in [0.1, 0.15) is 27.7 Å². The van der Waals surface area contributed by atoms with E-state index in [2.05, 4.69) is 33.0 Å². The Labute approximate surface area is 109 Å². The molecular weight excluding hydrogens is 228 g/mol. The fraction of sp³-hybridized carbons (Fsp3) is 0.500. The molecule has 0 aromatic heterocycles. The highest BCUT2D eigenvalue weighted by atomic mass is 16.5. The topological polar surface area (TPSA) is 64.3 Å². The largest absolute Gasteiger partial charge is 0.484 e. The highest BCUT2D eigenvalue weighted by Crippen LogP contribution is 2.24. The van der Waals surface area contributed by atoms with Gasteiger partial charge in [-0.1, -0.05) is 26.8 Å². The van der Waals surface area contributed by atoms with Crippen molar-refractivity contribution in [1.29, 1.82) is 0 Å². The summed E-state index contributed by atoms with van der Waals surface area (Å²) in [6.07, 6.45) is 0. The Balaban J connectivity index is 2.67. The lowest BCUT2D eigenvalue weighted by molar-refractivity contribution is -0.119. The molecule has 0 saturated carbocycles. The third-order valence-corrected chi connectivity index (χ3v) is 2.90. The van der Waals surface area contributed by atoms with Crippen LogP contribution >= 0.6 is 0 Å². The first-order chi connectivity index (χ1) is 8.29. The van der Waals surface area contributed by atoms with Gasteiger partial charge < -0.3 is 15.8 Å². The molecule has 100 valence electrons. The maximum Gasteiger partial charge on any atom is 0.255 e. The number of hydrogen-bond acceptors (Lipinski definition) is 3. The van der Waals surface area contributed by atoms with Crippen LogP contribution in [0, 0.1) is 5.41 Å². The Hall–Kier alpha value is -1.71. The highest BCUT2D eigenvalue weighted by molar-refractivity contribution is 5.75. The third kappa shape index (κ3) is 4.65. The second-order valence-corrected chi connectivity index (χ2v) is 5.51. The number of primary amides is 1. The lowest BCUT2D eigenvalue weighted by Gasteiger charge is -2.29. The van der Waals surface area contributed by atoms with Crippen LogP contribution in [0.25, 0.3) is 0 Å². The van der Waals surface area contributed by atoms with Crippen molar-refractivity contribution in [3.63, 3.8) is 0 Å². The van der Waals surface area contributed by atoms with Gasteiger partial charge in [-0.05, 0) is 24.5 Å². The first kappa shape index (κ1) is 14.4. The van der Waals surface area contributed by atoms with Gasteiger partial charge >= 0.3 is 0 Å². The van der Waals surface area contributed by atoms with E-state index >= 15 is 0 Å². The Kier molecular flexibility index (Phi) is 4.59. The summed E-state index contributed by atoms with van der Waals surface area (Å²) in [4.78, 5) is 10.6. The van der Waals surface area contributed by atoms with Crippen LogP contribution in [0.15, 0.2) is 24.3 Å². The lowest BCUT2D eigenvalue weighted by atomic mass is 9.88. The molecule has 0 bridgehead atoms. The van der Waals surface area contributed by atoms with E-state index in [1.165, 1.54) is 0 Å². The number of nitrogens with one attached hydrogen (secondary N) is 1. The molecule has 0 aliphatic heterocycles. The molecule has 0 heterocycles. The SMILES string of the molecule is C[C@@H](Nc1cccc(OCC(N)=O)c1)C(C)(C)C. The number of rotatable bonds is 5. The van der Waals surface area contributed by atoms with Gasteiger partial charge in [0.25, 0.3) is 5.91 Å². The second kappa shape index (κ2) is 5.76. The molecular formula is C14H22N2O2. The monoisotopic (exact) mass is 250 g/mol. The van der Waals surface area contributed by atoms with E-state index < -0.39 is 5.91 Å². The van der Waals surface area contributed by atoms with Crippen molar-refractivity contribution < 1.29 is 9.53 Å². The minimum Gasteiger partial charge on any atom is -0.484 e. The number of anilines is 1. The van der Waals surface area contributed by atoms with Crippen LogP contribution in [0.3, 0.4) is 0 Å². The number of ether oxygens (including phenoxy) is 1. The number of carbonyl (C=O) groups is 1. The van der Waals surface area contributed by atoms with E-state index in [4.69, 9.17) is 10.5 Å². The normalized spacial score (nSPS) is 12.9. The van der Waals surface area contributed by atoms with Crippen LogP contribution < -0.4 is 15.8 Å². The molecule has 0 spiro atoms. The van der Waals surface area contributed by atoms with Crippen molar-refractivity contribution in [3.05, 3.63) is 24.3 Å². The van der Waals surface area contributed by atoms with E-state index in [9.17, 15) is 4.79 Å². The van der Waals surface area contributed by atoms with Gasteiger partial charge in [0.15, 0.2) is 6.61 Å². The lowest BCUT2D eigenvalue weighted by Crippen LogP contribution is -2.30. The summed E-state index contributed by atoms with van der Waals surface area (Å²) in [6.45, 7) is 8.57. The Bertz CT molecular complexity index is 411. The van der Waals surface area contributed by atoms with Gasteiger partial charge in [0.2, 0.25) is 0 Å². The Morgan fingerprint density at radius 2 is 2.11 bits per heavy atom. The van der Waals surface area contributed by atoms with Crippen molar-refractivity contribution in [2.24, 2.45) is 11.1 Å². The molecule has 18 heavy (non-hydrogen) atoms. The van der Waals surface area contributed by atoms with E-state index in [-0.39, 0.29) is 12.0 Å². The van der Waals surface area contributed by atoms with Gasteiger partial charge in [-0.2, -0.15) is 0 Å². The number of amides is 1. The van der Waals surface area contributed by atoms with Crippen molar-refractivity contribution in [2.45, 2.75) is 33.7 Å². The molecule has 0 fully saturated rings. The number of benzene rings is 1. The molecule has 1 rings (SSSR count). The molecule has 0 aliphatic rings. The van der Waals surface area contributed by atoms with E-state index in [1.54, 1.807) is 6.07 Å². The summed E-state index contributed by atoms with van der Waals surface area (Å²) >= 11 is 0. The number of nitrogens with two attached hydrogens (primary N) is 1. The smallest absolute Gasteiger partial charge is 0.255 e. The van der Waals surface area contributed by atoms with Crippen molar-refractivity contribution in [2.75, 3.05) is 11.9 Å². The molecule has 0 unspecified atom stereocenters. The van der Waals surface area contributed by atoms with Crippen LogP contribution in [0.2, 0.25) is 0 Å². The Morgan fingerprint density at radius 1 is 1.44 bits per heavy atom. The maximum absolute atomic E-state index is 10.6. The zero-order valence-corrected chi connectivity index (χ0v) is 11.5. The average Bonchev–Trinajstić information content (AvgIpc) is 2.25. The zero-order chi connectivity index (χ0) is 13.8. The molecule has 1 atom stereocenters. The predicted molar refractivity (Wildman–Crippen MR) is 73.7 cm³/mol. The zero-order valence-electron chi connectivity index (χ0n) is 11.5. The van der Waals surface area contributed by atoms with Crippen molar-refractivity contribution in [1.82, 2.24) is 0 Å². The van der Waals surface area contributed by atoms with Crippen LogP contribution in [0.5, 0.6) is 5.75 Å². The Morgan fingerprint density at radius 3 is 2.67 bits per heavy atom. The van der Waals surface area contributed by atoms with Gasteiger partial charge in [-0.15, -0.1) is 0 Å². The fourth-order valence-electron chi connectivity index (χ4n) is 1.30. The average molecular weight is 250 g/mol. The van der Waals surface area contributed by atoms with Crippen LogP contribution in [-0.2, 0) is 4.79 Å². The summed E-state index contributed by atoms with van der Waals surface area (Å²) in [6, 6.07) is 7.85. The minimum absolute atomic E-state index is 0.0989. The quantitative estimate of drug-likeness (QED) is 0.843. The molecule has 3 N–H and O–H groups in total. The first-order valence-electron chi connectivity index (χ1n) is 6.07. The summed E-state index contributed by atoms with van der Waals surface area (Å²) in [7, 11) is 0. The first-order valence-corrected chi connectivity index (χ1v) is 6.07. The van der Waals surface area contributed by atoms with E-state index in [0.717, 1.165) is 5.69 Å². The molecule has 1 amide bonds. The summed E-state index contributed by atoms with van der Waals surface area (Å²) in [5, 5.41) is 3.41. The van der Waals surface area contributed by atoms with Gasteiger partial charge in [-0.25, -0.2) is 0 Å². The van der Waals surface area contributed by atoms with E-state index in [0.29, 0.717) is 11.8 Å². The van der Waals surface area contributed by atoms with Crippen LogP contribution in [-0.4, -0.2) is 18.6 Å². The minimum atomic E-state index is -0.476. The third-order valence-electron chi connectivity index (χ3n) is 2.90. The molecule has 0 radical (unpaired) electrons. The van der Waals surface area contributed by atoms with Crippen molar-refractivity contribution >= 4 is 11.6 Å².